The Kier molecular flexibility index (Phi) is 5.73. The summed E-state index contributed by atoms with van der Waals surface area (Å²) in [4.78, 5) is 23.1. The molecule has 0 bridgehead atoms. The van der Waals surface area contributed by atoms with Crippen molar-refractivity contribution in [2.24, 2.45) is 0 Å². The molecule has 2 aromatic carbocycles. The molecule has 0 aromatic heterocycles. The van der Waals surface area contributed by atoms with Gasteiger partial charge in [0.1, 0.15) is 5.75 Å². The average Bonchev–Trinajstić information content (AvgIpc) is 3.51. The molecule has 0 heterocycles. The van der Waals surface area contributed by atoms with E-state index in [1.807, 2.05) is 0 Å². The summed E-state index contributed by atoms with van der Waals surface area (Å²) in [6, 6.07) is 15.0. The van der Waals surface area contributed by atoms with E-state index >= 15 is 0 Å². The van der Waals surface area contributed by atoms with E-state index in [2.05, 4.69) is 40.2 Å². The van der Waals surface area contributed by atoms with E-state index in [0.717, 1.165) is 11.5 Å². The molecule has 0 saturated heterocycles. The number of benzene rings is 2. The molecule has 6 heteroatoms. The van der Waals surface area contributed by atoms with Crippen LogP contribution in [0, 0.1) is 0 Å². The maximum atomic E-state index is 12.0. The van der Waals surface area contributed by atoms with Crippen molar-refractivity contribution in [1.82, 2.24) is 10.6 Å². The second-order valence-corrected chi connectivity index (χ2v) is 6.31. The molecule has 6 nitrogen and oxygen atoms in total. The van der Waals surface area contributed by atoms with Gasteiger partial charge in [-0.05, 0) is 54.2 Å². The Bertz CT molecular complexity index is 753. The second kappa shape index (κ2) is 8.38. The standard InChI is InChI=1S/C20H23N3O3/c1-21-19(24)13-26-18-10-8-17(9-11-18)23-20(25)22-12-14-2-4-15(5-3-14)16-6-7-16/h2-5,8-11,16H,6-7,12-13H2,1H3,(H,21,24)(H2,22,23,25). The van der Waals surface area contributed by atoms with Gasteiger partial charge >= 0.3 is 6.03 Å². The van der Waals surface area contributed by atoms with E-state index in [4.69, 9.17) is 4.74 Å². The molecule has 3 rings (SSSR count). The number of nitrogens with one attached hydrogen (secondary N) is 3. The first-order valence-electron chi connectivity index (χ1n) is 8.71. The van der Waals surface area contributed by atoms with Crippen molar-refractivity contribution in [3.63, 3.8) is 0 Å². The summed E-state index contributed by atoms with van der Waals surface area (Å²) in [5.41, 5.74) is 3.11. The first-order valence-corrected chi connectivity index (χ1v) is 8.71. The van der Waals surface area contributed by atoms with Crippen molar-refractivity contribution in [2.75, 3.05) is 19.0 Å². The number of likely N-dealkylation sites (N-methyl/N-ethyl adjacent to an activating group) is 1. The Morgan fingerprint density at radius 3 is 2.35 bits per heavy atom. The van der Waals surface area contributed by atoms with Crippen LogP contribution in [0.25, 0.3) is 0 Å². The molecular weight excluding hydrogens is 330 g/mol. The number of anilines is 1. The summed E-state index contributed by atoms with van der Waals surface area (Å²) in [5, 5.41) is 8.09. The number of carbonyl (C=O) groups excluding carboxylic acids is 2. The number of ether oxygens (including phenoxy) is 1. The lowest BCUT2D eigenvalue weighted by molar-refractivity contribution is -0.122. The van der Waals surface area contributed by atoms with Crippen LogP contribution >= 0.6 is 0 Å². The number of amides is 3. The van der Waals surface area contributed by atoms with Crippen molar-refractivity contribution >= 4 is 17.6 Å². The molecule has 3 N–H and O–H groups in total. The number of carbonyl (C=O) groups is 2. The smallest absolute Gasteiger partial charge is 0.319 e. The van der Waals surface area contributed by atoms with Crippen molar-refractivity contribution in [1.29, 1.82) is 0 Å². The van der Waals surface area contributed by atoms with Crippen LogP contribution in [0.1, 0.15) is 29.9 Å². The molecule has 0 unspecified atom stereocenters. The minimum Gasteiger partial charge on any atom is -0.484 e. The first kappa shape index (κ1) is 17.8. The molecular formula is C20H23N3O3. The third kappa shape index (κ3) is 5.24. The fourth-order valence-electron chi connectivity index (χ4n) is 2.54. The molecule has 0 spiro atoms. The molecule has 3 amide bonds. The Labute approximate surface area is 152 Å². The molecule has 0 aliphatic heterocycles. The fourth-order valence-corrected chi connectivity index (χ4v) is 2.54. The van der Waals surface area contributed by atoms with Gasteiger partial charge in [0, 0.05) is 19.3 Å². The van der Waals surface area contributed by atoms with E-state index < -0.39 is 0 Å². The number of hydrogen-bond acceptors (Lipinski definition) is 3. The number of rotatable bonds is 7. The fraction of sp³-hybridized carbons (Fsp3) is 0.300. The SMILES string of the molecule is CNC(=O)COc1ccc(NC(=O)NCc2ccc(C3CC3)cc2)cc1. The lowest BCUT2D eigenvalue weighted by Crippen LogP contribution is -2.28. The molecule has 1 saturated carbocycles. The van der Waals surface area contributed by atoms with Crippen LogP contribution in [-0.4, -0.2) is 25.6 Å². The predicted molar refractivity (Wildman–Crippen MR) is 100 cm³/mol. The van der Waals surface area contributed by atoms with Crippen LogP contribution in [0.4, 0.5) is 10.5 Å². The zero-order chi connectivity index (χ0) is 18.4. The number of urea groups is 1. The topological polar surface area (TPSA) is 79.5 Å². The van der Waals surface area contributed by atoms with Crippen LogP contribution in [0.5, 0.6) is 5.75 Å². The molecule has 1 aliphatic carbocycles. The van der Waals surface area contributed by atoms with Gasteiger partial charge in [-0.1, -0.05) is 24.3 Å². The van der Waals surface area contributed by atoms with Crippen molar-refractivity contribution in [3.8, 4) is 5.75 Å². The Balaban J connectivity index is 1.43. The second-order valence-electron chi connectivity index (χ2n) is 6.31. The first-order chi connectivity index (χ1) is 12.6. The van der Waals surface area contributed by atoms with Gasteiger partial charge in [-0.3, -0.25) is 4.79 Å². The van der Waals surface area contributed by atoms with Crippen LogP contribution < -0.4 is 20.7 Å². The monoisotopic (exact) mass is 353 g/mol. The van der Waals surface area contributed by atoms with Gasteiger partial charge < -0.3 is 20.7 Å². The summed E-state index contributed by atoms with van der Waals surface area (Å²) in [6.45, 7) is 0.438. The van der Waals surface area contributed by atoms with Gasteiger partial charge in [0.15, 0.2) is 6.61 Å². The van der Waals surface area contributed by atoms with E-state index in [1.165, 1.54) is 18.4 Å². The van der Waals surface area contributed by atoms with Gasteiger partial charge in [-0.25, -0.2) is 4.79 Å². The summed E-state index contributed by atoms with van der Waals surface area (Å²) < 4.78 is 5.31. The van der Waals surface area contributed by atoms with Gasteiger partial charge in [0.05, 0.1) is 0 Å². The minimum atomic E-state index is -0.268. The molecule has 2 aromatic rings. The highest BCUT2D eigenvalue weighted by Gasteiger charge is 2.22. The predicted octanol–water partition coefficient (Wildman–Crippen LogP) is 3.01. The highest BCUT2D eigenvalue weighted by atomic mass is 16.5. The van der Waals surface area contributed by atoms with Crippen LogP contribution in [0.15, 0.2) is 48.5 Å². The zero-order valence-electron chi connectivity index (χ0n) is 14.7. The van der Waals surface area contributed by atoms with Gasteiger partial charge in [-0.15, -0.1) is 0 Å². The lowest BCUT2D eigenvalue weighted by Gasteiger charge is -2.09. The van der Waals surface area contributed by atoms with Crippen LogP contribution in [0.3, 0.4) is 0 Å². The molecule has 1 fully saturated rings. The molecule has 26 heavy (non-hydrogen) atoms. The van der Waals surface area contributed by atoms with Gasteiger partial charge in [0.25, 0.3) is 5.91 Å². The molecule has 0 atom stereocenters. The molecule has 0 radical (unpaired) electrons. The Hall–Kier alpha value is -3.02. The zero-order valence-corrected chi connectivity index (χ0v) is 14.7. The minimum absolute atomic E-state index is 0.0384. The lowest BCUT2D eigenvalue weighted by atomic mass is 10.1. The van der Waals surface area contributed by atoms with E-state index in [-0.39, 0.29) is 18.5 Å². The Morgan fingerprint density at radius 2 is 1.73 bits per heavy atom. The van der Waals surface area contributed by atoms with E-state index in [9.17, 15) is 9.59 Å². The Morgan fingerprint density at radius 1 is 1.04 bits per heavy atom. The van der Waals surface area contributed by atoms with E-state index in [0.29, 0.717) is 18.0 Å². The van der Waals surface area contributed by atoms with Crippen molar-refractivity contribution in [3.05, 3.63) is 59.7 Å². The third-order valence-corrected chi connectivity index (χ3v) is 4.24. The van der Waals surface area contributed by atoms with Crippen molar-refractivity contribution in [2.45, 2.75) is 25.3 Å². The van der Waals surface area contributed by atoms with Crippen molar-refractivity contribution < 1.29 is 14.3 Å². The van der Waals surface area contributed by atoms with Gasteiger partial charge in [0.2, 0.25) is 0 Å². The largest absolute Gasteiger partial charge is 0.484 e. The van der Waals surface area contributed by atoms with Gasteiger partial charge in [-0.2, -0.15) is 0 Å². The number of hydrogen-bond donors (Lipinski definition) is 3. The maximum Gasteiger partial charge on any atom is 0.319 e. The average molecular weight is 353 g/mol. The van der Waals surface area contributed by atoms with E-state index in [1.54, 1.807) is 31.3 Å². The van der Waals surface area contributed by atoms with Crippen LogP contribution in [-0.2, 0) is 11.3 Å². The quantitative estimate of drug-likeness (QED) is 0.716. The molecule has 1 aliphatic rings. The molecule has 136 valence electrons. The summed E-state index contributed by atoms with van der Waals surface area (Å²) in [7, 11) is 1.55. The third-order valence-electron chi connectivity index (χ3n) is 4.24. The summed E-state index contributed by atoms with van der Waals surface area (Å²) in [5.74, 6) is 1.11. The summed E-state index contributed by atoms with van der Waals surface area (Å²) >= 11 is 0. The maximum absolute atomic E-state index is 12.0. The normalized spacial score (nSPS) is 13.0. The highest BCUT2D eigenvalue weighted by molar-refractivity contribution is 5.89. The summed E-state index contributed by atoms with van der Waals surface area (Å²) in [6.07, 6.45) is 2.57. The van der Waals surface area contributed by atoms with Crippen LogP contribution in [0.2, 0.25) is 0 Å². The highest BCUT2D eigenvalue weighted by Crippen LogP contribution is 2.39.